The molecule has 1 heterocycles. The SMILES string of the molecule is CC1(C)CNCCc2cccc(Cl)c21. The van der Waals surface area contributed by atoms with Gasteiger partial charge in [-0.15, -0.1) is 0 Å². The van der Waals surface area contributed by atoms with E-state index in [1.807, 2.05) is 12.1 Å². The predicted molar refractivity (Wildman–Crippen MR) is 61.1 cm³/mol. The first kappa shape index (κ1) is 10.0. The molecule has 0 bridgehead atoms. The molecule has 0 aromatic heterocycles. The quantitative estimate of drug-likeness (QED) is 0.693. The van der Waals surface area contributed by atoms with Crippen LogP contribution in [0.3, 0.4) is 0 Å². The van der Waals surface area contributed by atoms with Gasteiger partial charge in [-0.25, -0.2) is 0 Å². The van der Waals surface area contributed by atoms with Crippen LogP contribution in [0.1, 0.15) is 25.0 Å². The number of rotatable bonds is 0. The third kappa shape index (κ3) is 1.67. The summed E-state index contributed by atoms with van der Waals surface area (Å²) < 4.78 is 0. The van der Waals surface area contributed by atoms with Gasteiger partial charge in [-0.1, -0.05) is 37.6 Å². The standard InChI is InChI=1S/C12H16ClN/c1-12(2)8-14-7-6-9-4-3-5-10(13)11(9)12/h3-5,14H,6-8H2,1-2H3. The molecule has 1 aliphatic heterocycles. The van der Waals surface area contributed by atoms with E-state index in [0.29, 0.717) is 0 Å². The summed E-state index contributed by atoms with van der Waals surface area (Å²) in [6.45, 7) is 6.55. The van der Waals surface area contributed by atoms with Crippen LogP contribution in [0.4, 0.5) is 0 Å². The van der Waals surface area contributed by atoms with Crippen molar-refractivity contribution < 1.29 is 0 Å². The smallest absolute Gasteiger partial charge is 0.0446 e. The van der Waals surface area contributed by atoms with Crippen molar-refractivity contribution in [2.75, 3.05) is 13.1 Å². The molecular weight excluding hydrogens is 194 g/mol. The first-order chi connectivity index (χ1) is 6.61. The molecule has 0 unspecified atom stereocenters. The molecule has 2 heteroatoms. The molecule has 76 valence electrons. The fourth-order valence-electron chi connectivity index (χ4n) is 2.25. The van der Waals surface area contributed by atoms with Gasteiger partial charge in [0.05, 0.1) is 0 Å². The second-order valence-electron chi connectivity index (χ2n) is 4.58. The Bertz CT molecular complexity index is 344. The molecule has 0 spiro atoms. The van der Waals surface area contributed by atoms with Crippen LogP contribution in [0.15, 0.2) is 18.2 Å². The average Bonchev–Trinajstić information content (AvgIpc) is 2.25. The number of hydrogen-bond acceptors (Lipinski definition) is 1. The minimum absolute atomic E-state index is 0.143. The second-order valence-corrected chi connectivity index (χ2v) is 4.99. The molecule has 1 aliphatic rings. The molecule has 1 N–H and O–H groups in total. The molecule has 0 amide bonds. The van der Waals surface area contributed by atoms with Gasteiger partial charge in [0.1, 0.15) is 0 Å². The Hall–Kier alpha value is -0.530. The molecular formula is C12H16ClN. The fourth-order valence-corrected chi connectivity index (χ4v) is 2.70. The molecule has 2 rings (SSSR count). The van der Waals surface area contributed by atoms with Crippen molar-refractivity contribution in [1.29, 1.82) is 0 Å². The van der Waals surface area contributed by atoms with Gasteiger partial charge in [0.15, 0.2) is 0 Å². The molecule has 1 aromatic rings. The number of hydrogen-bond donors (Lipinski definition) is 1. The maximum atomic E-state index is 6.27. The molecule has 1 nitrogen and oxygen atoms in total. The van der Waals surface area contributed by atoms with Crippen molar-refractivity contribution in [3.8, 4) is 0 Å². The lowest BCUT2D eigenvalue weighted by Gasteiger charge is -2.26. The van der Waals surface area contributed by atoms with Crippen molar-refractivity contribution in [2.45, 2.75) is 25.7 Å². The number of nitrogens with one attached hydrogen (secondary N) is 1. The lowest BCUT2D eigenvalue weighted by molar-refractivity contribution is 0.488. The highest BCUT2D eigenvalue weighted by Crippen LogP contribution is 2.33. The van der Waals surface area contributed by atoms with Crippen LogP contribution in [0.5, 0.6) is 0 Å². The third-order valence-electron chi connectivity index (χ3n) is 2.91. The van der Waals surface area contributed by atoms with Crippen LogP contribution in [0, 0.1) is 0 Å². The minimum atomic E-state index is 0.143. The Labute approximate surface area is 90.5 Å². The first-order valence-electron chi connectivity index (χ1n) is 5.10. The lowest BCUT2D eigenvalue weighted by Crippen LogP contribution is -2.31. The maximum absolute atomic E-state index is 6.27. The van der Waals surface area contributed by atoms with Crippen molar-refractivity contribution in [2.24, 2.45) is 0 Å². The fraction of sp³-hybridized carbons (Fsp3) is 0.500. The molecule has 0 saturated heterocycles. The zero-order valence-corrected chi connectivity index (χ0v) is 9.49. The minimum Gasteiger partial charge on any atom is -0.316 e. The van der Waals surface area contributed by atoms with Crippen LogP contribution in [-0.2, 0) is 11.8 Å². The van der Waals surface area contributed by atoms with Gasteiger partial charge in [-0.2, -0.15) is 0 Å². The summed E-state index contributed by atoms with van der Waals surface area (Å²) in [5.74, 6) is 0. The van der Waals surface area contributed by atoms with E-state index in [0.717, 1.165) is 24.5 Å². The second kappa shape index (κ2) is 3.56. The predicted octanol–water partition coefficient (Wildman–Crippen LogP) is 2.76. The first-order valence-corrected chi connectivity index (χ1v) is 5.48. The highest BCUT2D eigenvalue weighted by Gasteiger charge is 2.27. The van der Waals surface area contributed by atoms with E-state index in [2.05, 4.69) is 25.2 Å². The summed E-state index contributed by atoms with van der Waals surface area (Å²) in [6.07, 6.45) is 1.08. The Morgan fingerprint density at radius 2 is 2.14 bits per heavy atom. The Morgan fingerprint density at radius 3 is 2.93 bits per heavy atom. The van der Waals surface area contributed by atoms with Gasteiger partial charge >= 0.3 is 0 Å². The number of halogens is 1. The van der Waals surface area contributed by atoms with Gasteiger partial charge in [0.2, 0.25) is 0 Å². The average molecular weight is 210 g/mol. The summed E-state index contributed by atoms with van der Waals surface area (Å²) in [5.41, 5.74) is 2.86. The number of fused-ring (bicyclic) bond motifs is 1. The van der Waals surface area contributed by atoms with Gasteiger partial charge in [0, 0.05) is 17.0 Å². The number of benzene rings is 1. The van der Waals surface area contributed by atoms with Crippen LogP contribution in [0.25, 0.3) is 0 Å². The zero-order valence-electron chi connectivity index (χ0n) is 8.73. The molecule has 0 atom stereocenters. The van der Waals surface area contributed by atoms with E-state index in [1.54, 1.807) is 0 Å². The van der Waals surface area contributed by atoms with Crippen LogP contribution in [0.2, 0.25) is 5.02 Å². The highest BCUT2D eigenvalue weighted by atomic mass is 35.5. The Morgan fingerprint density at radius 1 is 1.36 bits per heavy atom. The zero-order chi connectivity index (χ0) is 10.2. The van der Waals surface area contributed by atoms with E-state index < -0.39 is 0 Å². The van der Waals surface area contributed by atoms with Crippen molar-refractivity contribution in [1.82, 2.24) is 5.32 Å². The maximum Gasteiger partial charge on any atom is 0.0446 e. The molecule has 1 aromatic carbocycles. The molecule has 14 heavy (non-hydrogen) atoms. The lowest BCUT2D eigenvalue weighted by atomic mass is 9.82. The summed E-state index contributed by atoms with van der Waals surface area (Å²) in [4.78, 5) is 0. The van der Waals surface area contributed by atoms with Crippen molar-refractivity contribution in [3.05, 3.63) is 34.3 Å². The van der Waals surface area contributed by atoms with Gasteiger partial charge in [-0.3, -0.25) is 0 Å². The van der Waals surface area contributed by atoms with Gasteiger partial charge in [-0.05, 0) is 30.2 Å². The third-order valence-corrected chi connectivity index (χ3v) is 3.23. The summed E-state index contributed by atoms with van der Waals surface area (Å²) in [6, 6.07) is 6.23. The summed E-state index contributed by atoms with van der Waals surface area (Å²) in [7, 11) is 0. The van der Waals surface area contributed by atoms with Crippen molar-refractivity contribution in [3.63, 3.8) is 0 Å². The summed E-state index contributed by atoms with van der Waals surface area (Å²) in [5, 5.41) is 4.37. The van der Waals surface area contributed by atoms with E-state index in [1.165, 1.54) is 11.1 Å². The normalized spacial score (nSPS) is 19.9. The molecule has 0 aliphatic carbocycles. The monoisotopic (exact) mass is 209 g/mol. The van der Waals surface area contributed by atoms with E-state index in [9.17, 15) is 0 Å². The van der Waals surface area contributed by atoms with E-state index >= 15 is 0 Å². The topological polar surface area (TPSA) is 12.0 Å². The Kier molecular flexibility index (Phi) is 2.54. The molecule has 0 saturated carbocycles. The highest BCUT2D eigenvalue weighted by molar-refractivity contribution is 6.31. The van der Waals surface area contributed by atoms with Crippen LogP contribution in [-0.4, -0.2) is 13.1 Å². The van der Waals surface area contributed by atoms with Crippen LogP contribution >= 0.6 is 11.6 Å². The van der Waals surface area contributed by atoms with Gasteiger partial charge in [0.25, 0.3) is 0 Å². The van der Waals surface area contributed by atoms with E-state index in [4.69, 9.17) is 11.6 Å². The van der Waals surface area contributed by atoms with Gasteiger partial charge < -0.3 is 5.32 Å². The molecule has 0 fully saturated rings. The largest absolute Gasteiger partial charge is 0.316 e. The van der Waals surface area contributed by atoms with E-state index in [-0.39, 0.29) is 5.41 Å². The van der Waals surface area contributed by atoms with Crippen LogP contribution < -0.4 is 5.32 Å². The van der Waals surface area contributed by atoms with Crippen molar-refractivity contribution >= 4 is 11.6 Å². The Balaban J connectivity index is 2.58. The summed E-state index contributed by atoms with van der Waals surface area (Å²) >= 11 is 6.27. The molecule has 0 radical (unpaired) electrons.